The molecule has 0 aliphatic rings. The van der Waals surface area contributed by atoms with E-state index in [1.807, 2.05) is 0 Å². The lowest BCUT2D eigenvalue weighted by molar-refractivity contribution is 0.280. The zero-order chi connectivity index (χ0) is 8.43. The quantitative estimate of drug-likeness (QED) is 0.720. The first-order valence-electron chi connectivity index (χ1n) is 3.44. The fourth-order valence-electron chi connectivity index (χ4n) is 1.09. The van der Waals surface area contributed by atoms with Crippen molar-refractivity contribution in [3.8, 4) is 0 Å². The highest BCUT2D eigenvalue weighted by atomic mass is 32.2. The highest BCUT2D eigenvalue weighted by molar-refractivity contribution is 8.00. The number of thioether (sulfide) groups is 1. The predicted molar refractivity (Wildman–Crippen MR) is 51.5 cm³/mol. The van der Waals surface area contributed by atoms with Gasteiger partial charge in [-0.15, -0.1) is 23.1 Å². The predicted octanol–water partition coefficient (Wildman–Crippen LogP) is 2.58. The molecule has 0 aromatic carbocycles. The van der Waals surface area contributed by atoms with Crippen LogP contribution in [0.5, 0.6) is 0 Å². The van der Waals surface area contributed by atoms with Crippen molar-refractivity contribution in [2.24, 2.45) is 0 Å². The molecule has 0 amide bonds. The topological polar surface area (TPSA) is 20.2 Å². The molecule has 0 fully saturated rings. The van der Waals surface area contributed by atoms with Crippen LogP contribution in [0, 0.1) is 13.8 Å². The highest BCUT2D eigenvalue weighted by Crippen LogP contribution is 2.33. The Morgan fingerprint density at radius 1 is 1.45 bits per heavy atom. The molecule has 0 aliphatic heterocycles. The van der Waals surface area contributed by atoms with Crippen molar-refractivity contribution in [3.05, 3.63) is 16.0 Å². The van der Waals surface area contributed by atoms with Gasteiger partial charge in [0.2, 0.25) is 0 Å². The van der Waals surface area contributed by atoms with Gasteiger partial charge in [-0.25, -0.2) is 0 Å². The van der Waals surface area contributed by atoms with E-state index in [9.17, 15) is 0 Å². The molecule has 3 heteroatoms. The molecular formula is C8H12OS2. The molecule has 0 saturated carbocycles. The minimum atomic E-state index is 0.175. The smallest absolute Gasteiger partial charge is 0.0695 e. The van der Waals surface area contributed by atoms with Crippen LogP contribution in [0.1, 0.15) is 16.0 Å². The number of thiophene rings is 1. The Hall–Kier alpha value is 0.01000. The highest BCUT2D eigenvalue weighted by Gasteiger charge is 2.09. The van der Waals surface area contributed by atoms with Gasteiger partial charge < -0.3 is 5.11 Å². The lowest BCUT2D eigenvalue weighted by atomic mass is 10.2. The van der Waals surface area contributed by atoms with E-state index in [4.69, 9.17) is 5.11 Å². The van der Waals surface area contributed by atoms with E-state index >= 15 is 0 Å². The second-order valence-electron chi connectivity index (χ2n) is 2.41. The van der Waals surface area contributed by atoms with E-state index < -0.39 is 0 Å². The molecule has 1 heterocycles. The van der Waals surface area contributed by atoms with Crippen molar-refractivity contribution in [1.29, 1.82) is 0 Å². The molecule has 0 bridgehead atoms. The molecular weight excluding hydrogens is 176 g/mol. The molecule has 0 saturated heterocycles. The molecule has 1 aromatic rings. The summed E-state index contributed by atoms with van der Waals surface area (Å²) in [4.78, 5) is 1.24. The molecule has 0 unspecified atom stereocenters. The number of aryl methyl sites for hydroxylation is 1. The second kappa shape index (κ2) is 3.61. The van der Waals surface area contributed by atoms with Crippen molar-refractivity contribution in [2.75, 3.05) is 6.26 Å². The average molecular weight is 188 g/mol. The van der Waals surface area contributed by atoms with Gasteiger partial charge in [-0.05, 0) is 31.2 Å². The van der Waals surface area contributed by atoms with Gasteiger partial charge in [0.25, 0.3) is 0 Å². The van der Waals surface area contributed by atoms with Gasteiger partial charge in [0.1, 0.15) is 0 Å². The van der Waals surface area contributed by atoms with Crippen LogP contribution < -0.4 is 0 Å². The summed E-state index contributed by atoms with van der Waals surface area (Å²) in [7, 11) is 0. The summed E-state index contributed by atoms with van der Waals surface area (Å²) in [5.41, 5.74) is 2.36. The standard InChI is InChI=1S/C8H12OS2/c1-5-7(4-9)6(2)11-8(5)10-3/h9H,4H2,1-3H3. The van der Waals surface area contributed by atoms with E-state index in [-0.39, 0.29) is 6.61 Å². The molecule has 0 spiro atoms. The largest absolute Gasteiger partial charge is 0.392 e. The van der Waals surface area contributed by atoms with Gasteiger partial charge in [-0.1, -0.05) is 0 Å². The van der Waals surface area contributed by atoms with Crippen molar-refractivity contribution in [1.82, 2.24) is 0 Å². The third-order valence-corrected chi connectivity index (χ3v) is 4.24. The van der Waals surface area contributed by atoms with E-state index in [2.05, 4.69) is 20.1 Å². The third kappa shape index (κ3) is 1.60. The van der Waals surface area contributed by atoms with E-state index in [0.29, 0.717) is 0 Å². The van der Waals surface area contributed by atoms with Crippen LogP contribution in [0.3, 0.4) is 0 Å². The van der Waals surface area contributed by atoms with E-state index in [1.165, 1.54) is 14.6 Å². The summed E-state index contributed by atoms with van der Waals surface area (Å²) in [5.74, 6) is 0. The van der Waals surface area contributed by atoms with Crippen molar-refractivity contribution >= 4 is 23.1 Å². The Kier molecular flexibility index (Phi) is 2.98. The summed E-state index contributed by atoms with van der Waals surface area (Å²) in [6.07, 6.45) is 2.07. The molecule has 1 rings (SSSR count). The average Bonchev–Trinajstić information content (AvgIpc) is 2.26. The monoisotopic (exact) mass is 188 g/mol. The molecule has 62 valence electrons. The Labute approximate surface area is 75.4 Å². The van der Waals surface area contributed by atoms with Crippen LogP contribution in [-0.4, -0.2) is 11.4 Å². The summed E-state index contributed by atoms with van der Waals surface area (Å²) < 4.78 is 1.33. The van der Waals surface area contributed by atoms with Crippen molar-refractivity contribution < 1.29 is 5.11 Å². The zero-order valence-corrected chi connectivity index (χ0v) is 8.60. The maximum Gasteiger partial charge on any atom is 0.0695 e. The van der Waals surface area contributed by atoms with Crippen molar-refractivity contribution in [3.63, 3.8) is 0 Å². The minimum absolute atomic E-state index is 0.175. The molecule has 0 aliphatic carbocycles. The van der Waals surface area contributed by atoms with Crippen LogP contribution in [-0.2, 0) is 6.61 Å². The van der Waals surface area contributed by atoms with Gasteiger partial charge in [-0.2, -0.15) is 0 Å². The van der Waals surface area contributed by atoms with Gasteiger partial charge in [0, 0.05) is 4.88 Å². The minimum Gasteiger partial charge on any atom is -0.392 e. The number of hydrogen-bond acceptors (Lipinski definition) is 3. The lowest BCUT2D eigenvalue weighted by Gasteiger charge is -1.95. The number of aliphatic hydroxyl groups excluding tert-OH is 1. The molecule has 1 nitrogen and oxygen atoms in total. The fraction of sp³-hybridized carbons (Fsp3) is 0.500. The first kappa shape index (κ1) is 9.10. The first-order chi connectivity index (χ1) is 5.20. The fourth-order valence-corrected chi connectivity index (χ4v) is 3.12. The van der Waals surface area contributed by atoms with Crippen LogP contribution in [0.25, 0.3) is 0 Å². The summed E-state index contributed by atoms with van der Waals surface area (Å²) >= 11 is 3.52. The van der Waals surface area contributed by atoms with Gasteiger partial charge in [-0.3, -0.25) is 0 Å². The number of aliphatic hydroxyl groups is 1. The Morgan fingerprint density at radius 3 is 2.36 bits per heavy atom. The maximum atomic E-state index is 9.01. The van der Waals surface area contributed by atoms with Gasteiger partial charge in [0.15, 0.2) is 0 Å². The van der Waals surface area contributed by atoms with Crippen LogP contribution in [0.4, 0.5) is 0 Å². The van der Waals surface area contributed by atoms with Crippen molar-refractivity contribution in [2.45, 2.75) is 24.7 Å². The van der Waals surface area contributed by atoms with Gasteiger partial charge in [0.05, 0.1) is 10.8 Å². The maximum absolute atomic E-state index is 9.01. The summed E-state index contributed by atoms with van der Waals surface area (Å²) in [5, 5.41) is 9.01. The molecule has 0 atom stereocenters. The van der Waals surface area contributed by atoms with Gasteiger partial charge >= 0.3 is 0 Å². The SMILES string of the molecule is CSc1sc(C)c(CO)c1C. The molecule has 11 heavy (non-hydrogen) atoms. The summed E-state index contributed by atoms with van der Waals surface area (Å²) in [6.45, 7) is 4.30. The number of hydrogen-bond donors (Lipinski definition) is 1. The number of rotatable bonds is 2. The third-order valence-electron chi connectivity index (χ3n) is 1.77. The zero-order valence-electron chi connectivity index (χ0n) is 6.97. The lowest BCUT2D eigenvalue weighted by Crippen LogP contribution is -1.85. The Bertz CT molecular complexity index is 253. The second-order valence-corrected chi connectivity index (χ2v) is 4.71. The Morgan fingerprint density at radius 2 is 2.09 bits per heavy atom. The first-order valence-corrected chi connectivity index (χ1v) is 5.48. The van der Waals surface area contributed by atoms with Crippen LogP contribution in [0.15, 0.2) is 4.21 Å². The molecule has 0 radical (unpaired) electrons. The van der Waals surface area contributed by atoms with Crippen LogP contribution >= 0.6 is 23.1 Å². The Balaban J connectivity index is 3.14. The summed E-state index contributed by atoms with van der Waals surface area (Å²) in [6, 6.07) is 0. The van der Waals surface area contributed by atoms with Crippen LogP contribution in [0.2, 0.25) is 0 Å². The van der Waals surface area contributed by atoms with E-state index in [0.717, 1.165) is 5.56 Å². The molecule has 1 N–H and O–H groups in total. The van der Waals surface area contributed by atoms with E-state index in [1.54, 1.807) is 23.1 Å². The normalized spacial score (nSPS) is 10.5. The molecule has 1 aromatic heterocycles.